The fraction of sp³-hybridized carbons (Fsp3) is 0. The highest BCUT2D eigenvalue weighted by Gasteiger charge is 2.22. The highest BCUT2D eigenvalue weighted by atomic mass is 32.1. The Hall–Kier alpha value is -6.66. The molecular formula is C44H24N4S. The third-order valence-electron chi connectivity index (χ3n) is 9.80. The summed E-state index contributed by atoms with van der Waals surface area (Å²) in [7, 11) is 0. The Morgan fingerprint density at radius 1 is 0.551 bits per heavy atom. The van der Waals surface area contributed by atoms with E-state index in [1.54, 1.807) is 12.1 Å². The summed E-state index contributed by atoms with van der Waals surface area (Å²) in [6.45, 7) is 8.19. The number of rotatable bonds is 3. The molecule has 7 aromatic carbocycles. The van der Waals surface area contributed by atoms with Crippen molar-refractivity contribution >= 4 is 80.8 Å². The van der Waals surface area contributed by atoms with Gasteiger partial charge in [-0.2, -0.15) is 5.26 Å². The molecule has 0 atom stereocenters. The summed E-state index contributed by atoms with van der Waals surface area (Å²) in [5, 5.41) is 17.7. The highest BCUT2D eigenvalue weighted by Crippen LogP contribution is 2.45. The van der Waals surface area contributed by atoms with Crippen LogP contribution in [-0.4, -0.2) is 9.13 Å². The van der Waals surface area contributed by atoms with Crippen molar-refractivity contribution in [1.29, 1.82) is 5.26 Å². The van der Waals surface area contributed by atoms with E-state index < -0.39 is 0 Å². The van der Waals surface area contributed by atoms with E-state index in [1.165, 1.54) is 30.9 Å². The van der Waals surface area contributed by atoms with Crippen LogP contribution in [0.3, 0.4) is 0 Å². The Kier molecular flexibility index (Phi) is 5.84. The number of benzene rings is 7. The van der Waals surface area contributed by atoms with Crippen molar-refractivity contribution < 1.29 is 0 Å². The maximum absolute atomic E-state index is 10.4. The molecule has 3 aromatic heterocycles. The van der Waals surface area contributed by atoms with Gasteiger partial charge in [-0.15, -0.1) is 11.3 Å². The molecule has 0 aliphatic carbocycles. The van der Waals surface area contributed by atoms with Crippen molar-refractivity contribution in [2.45, 2.75) is 0 Å². The van der Waals surface area contributed by atoms with Crippen LogP contribution in [0.1, 0.15) is 5.56 Å². The molecule has 0 bridgehead atoms. The summed E-state index contributed by atoms with van der Waals surface area (Å²) < 4.78 is 7.09. The van der Waals surface area contributed by atoms with Crippen molar-refractivity contribution in [3.8, 4) is 28.6 Å². The lowest BCUT2D eigenvalue weighted by atomic mass is 9.96. The molecule has 0 N–H and O–H groups in total. The Morgan fingerprint density at radius 3 is 1.84 bits per heavy atom. The van der Waals surface area contributed by atoms with Gasteiger partial charge >= 0.3 is 0 Å². The molecule has 0 radical (unpaired) electrons. The minimum atomic E-state index is 0.499. The van der Waals surface area contributed by atoms with Crippen LogP contribution >= 0.6 is 11.3 Å². The normalized spacial score (nSPS) is 11.6. The zero-order chi connectivity index (χ0) is 32.6. The number of hydrogen-bond donors (Lipinski definition) is 0. The van der Waals surface area contributed by atoms with Crippen molar-refractivity contribution in [3.63, 3.8) is 0 Å². The van der Waals surface area contributed by atoms with Gasteiger partial charge in [0.2, 0.25) is 5.69 Å². The molecule has 3 heterocycles. The van der Waals surface area contributed by atoms with Crippen molar-refractivity contribution in [1.82, 2.24) is 9.13 Å². The van der Waals surface area contributed by atoms with Gasteiger partial charge in [0.1, 0.15) is 0 Å². The zero-order valence-corrected chi connectivity index (χ0v) is 26.9. The fourth-order valence-electron chi connectivity index (χ4n) is 7.74. The van der Waals surface area contributed by atoms with E-state index in [2.05, 4.69) is 129 Å². The molecule has 49 heavy (non-hydrogen) atoms. The molecular weight excluding hydrogens is 617 g/mol. The van der Waals surface area contributed by atoms with E-state index in [4.69, 9.17) is 6.57 Å². The Labute approximate surface area is 285 Å². The first-order chi connectivity index (χ1) is 24.2. The monoisotopic (exact) mass is 640 g/mol. The van der Waals surface area contributed by atoms with E-state index in [9.17, 15) is 5.26 Å². The number of para-hydroxylation sites is 3. The van der Waals surface area contributed by atoms with Crippen LogP contribution < -0.4 is 0 Å². The van der Waals surface area contributed by atoms with Gasteiger partial charge in [0.25, 0.3) is 0 Å². The van der Waals surface area contributed by atoms with Crippen LogP contribution in [0.15, 0.2) is 146 Å². The summed E-state index contributed by atoms with van der Waals surface area (Å²) >= 11 is 1.85. The summed E-state index contributed by atoms with van der Waals surface area (Å²) in [5.41, 5.74) is 8.73. The standard InChI is InChI=1S/C44H24N4S/c1-46-35-24-20-28(26-45)41(43(35)48-36-14-6-2-10-30(36)31-11-3-7-15-37(31)48)27-18-21-29(22-19-27)47-38-16-8-4-13-34(38)42-39(47)25-23-33-32-12-5-9-17-40(32)49-44(33)42/h2-25H. The number of nitriles is 1. The van der Waals surface area contributed by atoms with Gasteiger partial charge in [-0.3, -0.25) is 0 Å². The van der Waals surface area contributed by atoms with Gasteiger partial charge in [-0.05, 0) is 48.0 Å². The molecule has 0 fully saturated rings. The van der Waals surface area contributed by atoms with Gasteiger partial charge in [0.15, 0.2) is 0 Å². The Morgan fingerprint density at radius 2 is 1.16 bits per heavy atom. The van der Waals surface area contributed by atoms with Crippen LogP contribution in [0.2, 0.25) is 0 Å². The molecule has 0 amide bonds. The second kappa shape index (κ2) is 10.4. The molecule has 0 saturated carbocycles. The van der Waals surface area contributed by atoms with E-state index in [0.29, 0.717) is 11.3 Å². The molecule has 4 nitrogen and oxygen atoms in total. The van der Waals surface area contributed by atoms with Gasteiger partial charge < -0.3 is 9.13 Å². The molecule has 10 aromatic rings. The quantitative estimate of drug-likeness (QED) is 0.177. The SMILES string of the molecule is [C-]#[N+]c1ccc(C#N)c(-c2ccc(-n3c4ccccc4c4c5sc6ccccc6c5ccc43)cc2)c1-n1c2ccccc2c2ccccc21. The average molecular weight is 641 g/mol. The van der Waals surface area contributed by atoms with E-state index in [0.717, 1.165) is 55.3 Å². The van der Waals surface area contributed by atoms with Crippen LogP contribution in [0.4, 0.5) is 5.69 Å². The maximum Gasteiger partial charge on any atom is 0.211 e. The smallest absolute Gasteiger partial charge is 0.211 e. The predicted molar refractivity (Wildman–Crippen MR) is 204 cm³/mol. The summed E-state index contributed by atoms with van der Waals surface area (Å²) in [4.78, 5) is 3.99. The Balaban J connectivity index is 1.22. The number of thiophene rings is 1. The largest absolute Gasteiger partial charge is 0.318 e. The van der Waals surface area contributed by atoms with Crippen LogP contribution in [0.5, 0.6) is 0 Å². The maximum atomic E-state index is 10.4. The molecule has 0 aliphatic rings. The van der Waals surface area contributed by atoms with Gasteiger partial charge in [-0.1, -0.05) is 103 Å². The highest BCUT2D eigenvalue weighted by molar-refractivity contribution is 7.26. The second-order valence-corrected chi connectivity index (χ2v) is 13.3. The lowest BCUT2D eigenvalue weighted by molar-refractivity contribution is 1.17. The molecule has 226 valence electrons. The molecule has 10 rings (SSSR count). The molecule has 0 aliphatic heterocycles. The number of hydrogen-bond acceptors (Lipinski definition) is 2. The first-order valence-corrected chi connectivity index (χ1v) is 16.9. The minimum Gasteiger partial charge on any atom is -0.318 e. The molecule has 0 saturated heterocycles. The third kappa shape index (κ3) is 3.82. The van der Waals surface area contributed by atoms with Crippen molar-refractivity contribution in [3.05, 3.63) is 163 Å². The van der Waals surface area contributed by atoms with Crippen molar-refractivity contribution in [2.75, 3.05) is 0 Å². The Bertz CT molecular complexity index is 3020. The van der Waals surface area contributed by atoms with Gasteiger partial charge in [-0.25, -0.2) is 4.85 Å². The molecule has 0 unspecified atom stereocenters. The second-order valence-electron chi connectivity index (χ2n) is 12.3. The van der Waals surface area contributed by atoms with E-state index in [1.807, 2.05) is 35.6 Å². The number of fused-ring (bicyclic) bond motifs is 10. The fourth-order valence-corrected chi connectivity index (χ4v) is 8.99. The lowest BCUT2D eigenvalue weighted by Gasteiger charge is -2.18. The van der Waals surface area contributed by atoms with Crippen LogP contribution in [0.25, 0.3) is 91.1 Å². The third-order valence-corrected chi connectivity index (χ3v) is 11.0. The zero-order valence-electron chi connectivity index (χ0n) is 26.1. The van der Waals surface area contributed by atoms with E-state index >= 15 is 0 Å². The van der Waals surface area contributed by atoms with Gasteiger partial charge in [0.05, 0.1) is 46.0 Å². The lowest BCUT2D eigenvalue weighted by Crippen LogP contribution is -2.00. The summed E-state index contributed by atoms with van der Waals surface area (Å²) in [6, 6.07) is 52.8. The molecule has 0 spiro atoms. The molecule has 5 heteroatoms. The number of aromatic nitrogens is 2. The van der Waals surface area contributed by atoms with E-state index in [-0.39, 0.29) is 0 Å². The summed E-state index contributed by atoms with van der Waals surface area (Å²) in [6.07, 6.45) is 0. The van der Waals surface area contributed by atoms with Crippen LogP contribution in [0, 0.1) is 17.9 Å². The minimum absolute atomic E-state index is 0.499. The first kappa shape index (κ1) is 27.5. The average Bonchev–Trinajstić information content (AvgIpc) is 3.82. The van der Waals surface area contributed by atoms with Gasteiger partial charge in [0, 0.05) is 53.0 Å². The van der Waals surface area contributed by atoms with Crippen LogP contribution in [-0.2, 0) is 0 Å². The number of nitrogens with zero attached hydrogens (tertiary/aromatic N) is 4. The first-order valence-electron chi connectivity index (χ1n) is 16.1. The van der Waals surface area contributed by atoms with Crippen molar-refractivity contribution in [2.24, 2.45) is 0 Å². The predicted octanol–water partition coefficient (Wildman–Crippen LogP) is 12.3. The summed E-state index contributed by atoms with van der Waals surface area (Å²) in [5.74, 6) is 0. The topological polar surface area (TPSA) is 38.0 Å².